The van der Waals surface area contributed by atoms with Crippen molar-refractivity contribution in [3.8, 4) is 5.75 Å². The molecule has 0 spiro atoms. The lowest BCUT2D eigenvalue weighted by Gasteiger charge is -2.21. The van der Waals surface area contributed by atoms with Crippen LogP contribution >= 0.6 is 11.6 Å². The van der Waals surface area contributed by atoms with E-state index in [9.17, 15) is 14.0 Å². The molecule has 1 aromatic carbocycles. The molecular weight excluding hydrogens is 311 g/mol. The Bertz CT molecular complexity index is 673. The van der Waals surface area contributed by atoms with Crippen molar-refractivity contribution < 1.29 is 18.7 Å². The van der Waals surface area contributed by atoms with E-state index in [4.69, 9.17) is 16.3 Å². The van der Waals surface area contributed by atoms with E-state index in [0.29, 0.717) is 11.3 Å². The molecule has 1 N–H and O–H groups in total. The molecule has 2 rings (SSSR count). The molecule has 1 heterocycles. The monoisotopic (exact) mass is 326 g/mol. The summed E-state index contributed by atoms with van der Waals surface area (Å²) in [7, 11) is 0. The fourth-order valence-electron chi connectivity index (χ4n) is 2.25. The van der Waals surface area contributed by atoms with Crippen molar-refractivity contribution in [2.75, 3.05) is 6.61 Å². The second-order valence-electron chi connectivity index (χ2n) is 5.33. The van der Waals surface area contributed by atoms with Crippen LogP contribution in [-0.4, -0.2) is 24.0 Å². The fraction of sp³-hybridized carbons (Fsp3) is 0.400. The van der Waals surface area contributed by atoms with Gasteiger partial charge in [0, 0.05) is 17.9 Å². The number of rotatable bonds is 4. The number of hydrogen-bond acceptors (Lipinski definition) is 4. The zero-order valence-electron chi connectivity index (χ0n) is 12.5. The van der Waals surface area contributed by atoms with Crippen LogP contribution in [0.15, 0.2) is 11.2 Å². The normalized spacial score (nSPS) is 17.8. The summed E-state index contributed by atoms with van der Waals surface area (Å²) in [5.74, 6) is -1.14. The number of carbonyl (C=O) groups excluding carboxylic acids is 2. The fourth-order valence-corrected chi connectivity index (χ4v) is 2.56. The average Bonchev–Trinajstić information content (AvgIpc) is 2.43. The molecule has 1 unspecified atom stereocenters. The zero-order chi connectivity index (χ0) is 16.4. The Morgan fingerprint density at radius 1 is 1.59 bits per heavy atom. The number of Topliss-reactive ketones (excluding diaryl/α,β-unsaturated/α-hetero) is 1. The lowest BCUT2D eigenvalue weighted by molar-refractivity contribution is -0.122. The van der Waals surface area contributed by atoms with Gasteiger partial charge in [-0.25, -0.2) is 9.82 Å². The van der Waals surface area contributed by atoms with Crippen molar-refractivity contribution in [3.05, 3.63) is 28.0 Å². The van der Waals surface area contributed by atoms with E-state index in [-0.39, 0.29) is 47.0 Å². The van der Waals surface area contributed by atoms with E-state index in [0.717, 1.165) is 0 Å². The number of aryl methyl sites for hydroxylation is 1. The molecule has 1 aliphatic heterocycles. The Hall–Kier alpha value is -1.95. The lowest BCUT2D eigenvalue weighted by Crippen LogP contribution is -2.32. The molecule has 22 heavy (non-hydrogen) atoms. The van der Waals surface area contributed by atoms with Crippen LogP contribution in [0.2, 0.25) is 5.02 Å². The van der Waals surface area contributed by atoms with E-state index in [1.54, 1.807) is 19.9 Å². The highest BCUT2D eigenvalue weighted by atomic mass is 35.5. The standard InChI is InChI=1S/C15H16ClFN2O3/c1-7-5-11(21)18-19-14(7)10-4-8(2)15(12(16)13(10)17)22-6-9(3)20/h4,7H,5-6H2,1-3H3,(H,18,21). The maximum atomic E-state index is 14.5. The Labute approximate surface area is 132 Å². The molecule has 0 fully saturated rings. The second-order valence-corrected chi connectivity index (χ2v) is 5.70. The summed E-state index contributed by atoms with van der Waals surface area (Å²) in [5.41, 5.74) is 3.60. The van der Waals surface area contributed by atoms with E-state index in [1.165, 1.54) is 6.92 Å². The molecule has 5 nitrogen and oxygen atoms in total. The SMILES string of the molecule is CC(=O)COc1c(C)cc(C2=NNC(=O)CC2C)c(F)c1Cl. The molecule has 7 heteroatoms. The van der Waals surface area contributed by atoms with Crippen LogP contribution in [0.3, 0.4) is 0 Å². The third kappa shape index (κ3) is 3.27. The first kappa shape index (κ1) is 16.4. The zero-order valence-corrected chi connectivity index (χ0v) is 13.3. The molecule has 0 saturated carbocycles. The molecule has 118 valence electrons. The number of ketones is 1. The van der Waals surface area contributed by atoms with E-state index in [1.807, 2.05) is 0 Å². The largest absolute Gasteiger partial charge is 0.484 e. The Balaban J connectivity index is 2.43. The Kier molecular flexibility index (Phi) is 4.81. The van der Waals surface area contributed by atoms with Gasteiger partial charge in [-0.1, -0.05) is 18.5 Å². The van der Waals surface area contributed by atoms with Gasteiger partial charge in [0.2, 0.25) is 5.91 Å². The molecular formula is C15H16ClFN2O3. The number of amides is 1. The summed E-state index contributed by atoms with van der Waals surface area (Å²) >= 11 is 6.03. The maximum Gasteiger partial charge on any atom is 0.240 e. The lowest BCUT2D eigenvalue weighted by atomic mass is 9.92. The molecule has 0 bridgehead atoms. The van der Waals surface area contributed by atoms with Crippen LogP contribution in [0, 0.1) is 18.7 Å². The Morgan fingerprint density at radius 2 is 2.27 bits per heavy atom. The maximum absolute atomic E-state index is 14.5. The minimum atomic E-state index is -0.674. The third-order valence-electron chi connectivity index (χ3n) is 3.30. The molecule has 1 amide bonds. The van der Waals surface area contributed by atoms with Gasteiger partial charge >= 0.3 is 0 Å². The first-order valence-corrected chi connectivity index (χ1v) is 7.16. The van der Waals surface area contributed by atoms with Gasteiger partial charge in [0.1, 0.15) is 17.4 Å². The quantitative estimate of drug-likeness (QED) is 0.924. The number of carbonyl (C=O) groups is 2. The number of nitrogens with one attached hydrogen (secondary N) is 1. The minimum Gasteiger partial charge on any atom is -0.484 e. The summed E-state index contributed by atoms with van der Waals surface area (Å²) in [5, 5.41) is 3.74. The van der Waals surface area contributed by atoms with Gasteiger partial charge in [-0.3, -0.25) is 9.59 Å². The molecule has 0 saturated heterocycles. The summed E-state index contributed by atoms with van der Waals surface area (Å²) in [6, 6.07) is 1.56. The van der Waals surface area contributed by atoms with Crippen molar-refractivity contribution >= 4 is 29.0 Å². The van der Waals surface area contributed by atoms with Gasteiger partial charge in [-0.05, 0) is 25.5 Å². The van der Waals surface area contributed by atoms with E-state index >= 15 is 0 Å². The highest BCUT2D eigenvalue weighted by Crippen LogP contribution is 2.35. The van der Waals surface area contributed by atoms with Crippen LogP contribution < -0.4 is 10.2 Å². The van der Waals surface area contributed by atoms with Crippen LogP contribution in [-0.2, 0) is 9.59 Å². The van der Waals surface area contributed by atoms with Crippen LogP contribution in [0.4, 0.5) is 4.39 Å². The number of nitrogens with zero attached hydrogens (tertiary/aromatic N) is 1. The first-order valence-electron chi connectivity index (χ1n) is 6.78. The number of benzene rings is 1. The topological polar surface area (TPSA) is 67.8 Å². The number of ether oxygens (including phenoxy) is 1. The molecule has 0 aliphatic carbocycles. The predicted molar refractivity (Wildman–Crippen MR) is 80.8 cm³/mol. The van der Waals surface area contributed by atoms with Gasteiger partial charge < -0.3 is 4.74 Å². The number of hydrogen-bond donors (Lipinski definition) is 1. The summed E-state index contributed by atoms with van der Waals surface area (Å²) < 4.78 is 19.8. The van der Waals surface area contributed by atoms with Crippen LogP contribution in [0.1, 0.15) is 31.4 Å². The van der Waals surface area contributed by atoms with Crippen molar-refractivity contribution in [1.29, 1.82) is 0 Å². The molecule has 1 aliphatic rings. The summed E-state index contributed by atoms with van der Waals surface area (Å²) in [6.07, 6.45) is 0.234. The molecule has 1 aromatic rings. The van der Waals surface area contributed by atoms with Crippen molar-refractivity contribution in [2.45, 2.75) is 27.2 Å². The van der Waals surface area contributed by atoms with E-state index in [2.05, 4.69) is 10.5 Å². The summed E-state index contributed by atoms with van der Waals surface area (Å²) in [6.45, 7) is 4.69. The number of hydrazone groups is 1. The number of halogens is 2. The summed E-state index contributed by atoms with van der Waals surface area (Å²) in [4.78, 5) is 22.3. The van der Waals surface area contributed by atoms with Crippen molar-refractivity contribution in [3.63, 3.8) is 0 Å². The van der Waals surface area contributed by atoms with Gasteiger partial charge in [-0.2, -0.15) is 5.10 Å². The smallest absolute Gasteiger partial charge is 0.240 e. The average molecular weight is 327 g/mol. The first-order chi connectivity index (χ1) is 10.3. The van der Waals surface area contributed by atoms with Gasteiger partial charge in [0.05, 0.1) is 5.71 Å². The predicted octanol–water partition coefficient (Wildman–Crippen LogP) is 2.62. The van der Waals surface area contributed by atoms with Crippen LogP contribution in [0.25, 0.3) is 0 Å². The Morgan fingerprint density at radius 3 is 2.86 bits per heavy atom. The second kappa shape index (κ2) is 6.44. The van der Waals surface area contributed by atoms with Crippen molar-refractivity contribution in [2.24, 2.45) is 11.0 Å². The van der Waals surface area contributed by atoms with Gasteiger partial charge in [0.25, 0.3) is 0 Å². The van der Waals surface area contributed by atoms with E-state index < -0.39 is 5.82 Å². The highest BCUT2D eigenvalue weighted by molar-refractivity contribution is 6.33. The highest BCUT2D eigenvalue weighted by Gasteiger charge is 2.27. The minimum absolute atomic E-state index is 0.145. The molecule has 0 aromatic heterocycles. The van der Waals surface area contributed by atoms with Gasteiger partial charge in [0.15, 0.2) is 11.6 Å². The van der Waals surface area contributed by atoms with Crippen molar-refractivity contribution in [1.82, 2.24) is 5.43 Å². The molecule has 1 atom stereocenters. The van der Waals surface area contributed by atoms with Gasteiger partial charge in [-0.15, -0.1) is 0 Å². The third-order valence-corrected chi connectivity index (χ3v) is 3.64. The molecule has 0 radical (unpaired) electrons. The van der Waals surface area contributed by atoms with Crippen LogP contribution in [0.5, 0.6) is 5.75 Å².